The van der Waals surface area contributed by atoms with Crippen molar-refractivity contribution in [1.29, 1.82) is 0 Å². The molecule has 0 bridgehead atoms. The number of rotatable bonds is 9. The predicted octanol–water partition coefficient (Wildman–Crippen LogP) is 5.93. The van der Waals surface area contributed by atoms with Crippen LogP contribution in [0.4, 0.5) is 37.5 Å². The summed E-state index contributed by atoms with van der Waals surface area (Å²) in [6, 6.07) is 15.9. The lowest BCUT2D eigenvalue weighted by atomic mass is 9.97. The Labute approximate surface area is 266 Å². The van der Waals surface area contributed by atoms with Crippen LogP contribution in [0.2, 0.25) is 0 Å². The molecule has 2 aliphatic heterocycles. The number of nitrogens with zero attached hydrogens (tertiary/aromatic N) is 5. The number of hydrogen-bond acceptors (Lipinski definition) is 9. The minimum absolute atomic E-state index is 0.270. The van der Waals surface area contributed by atoms with E-state index < -0.39 is 11.6 Å². The molecule has 238 valence electrons. The number of halogens is 2. The van der Waals surface area contributed by atoms with Crippen molar-refractivity contribution in [3.05, 3.63) is 96.8 Å². The Morgan fingerprint density at radius 3 is 2.63 bits per heavy atom. The number of carbonyl (C=O) groups excluding carboxylic acids is 1. The molecule has 12 heteroatoms. The van der Waals surface area contributed by atoms with Crippen LogP contribution in [0.1, 0.15) is 18.0 Å². The van der Waals surface area contributed by atoms with Gasteiger partial charge >= 0.3 is 0 Å². The minimum Gasteiger partial charge on any atom is -0.494 e. The standard InChI is InChI=1S/C34H35F2N7O3/c1-4-34(44)40-27-18-28(31(45-3)19-30(27)42-13-11-41(2)12-14-42)39-32-20-33(38-21-37-32)43-29(10-15-46-43)23-8-9-26(36)25(17-23)22-6-5-7-24(35)16-22/h4-9,16-21,29H,1,10-15H2,2-3H3,(H,40,44)(H,37,38,39). The van der Waals surface area contributed by atoms with Crippen LogP contribution in [0.3, 0.4) is 0 Å². The molecule has 1 amide bonds. The summed E-state index contributed by atoms with van der Waals surface area (Å²) in [5.41, 5.74) is 3.60. The van der Waals surface area contributed by atoms with Gasteiger partial charge < -0.3 is 25.2 Å². The van der Waals surface area contributed by atoms with Gasteiger partial charge in [-0.15, -0.1) is 0 Å². The van der Waals surface area contributed by atoms with Gasteiger partial charge in [-0.3, -0.25) is 9.63 Å². The molecule has 1 atom stereocenters. The number of carbonyl (C=O) groups is 1. The van der Waals surface area contributed by atoms with Crippen molar-refractivity contribution in [1.82, 2.24) is 14.9 Å². The first-order valence-corrected chi connectivity index (χ1v) is 15.0. The summed E-state index contributed by atoms with van der Waals surface area (Å²) in [5.74, 6) is 0.321. The molecule has 2 aliphatic rings. The quantitative estimate of drug-likeness (QED) is 0.219. The summed E-state index contributed by atoms with van der Waals surface area (Å²) in [6.07, 6.45) is 3.29. The summed E-state index contributed by atoms with van der Waals surface area (Å²) in [6.45, 7) is 7.41. The van der Waals surface area contributed by atoms with E-state index >= 15 is 0 Å². The fourth-order valence-corrected chi connectivity index (χ4v) is 5.73. The number of aromatic nitrogens is 2. The van der Waals surface area contributed by atoms with Crippen molar-refractivity contribution in [3.63, 3.8) is 0 Å². The van der Waals surface area contributed by atoms with Crippen LogP contribution in [-0.2, 0) is 9.63 Å². The summed E-state index contributed by atoms with van der Waals surface area (Å²) < 4.78 is 34.5. The molecule has 0 radical (unpaired) electrons. The number of piperazine rings is 1. The van der Waals surface area contributed by atoms with Crippen molar-refractivity contribution in [2.24, 2.45) is 0 Å². The molecule has 3 heterocycles. The highest BCUT2D eigenvalue weighted by Gasteiger charge is 2.30. The maximum absolute atomic E-state index is 14.8. The zero-order chi connectivity index (χ0) is 32.2. The van der Waals surface area contributed by atoms with Gasteiger partial charge in [0.2, 0.25) is 5.91 Å². The molecule has 3 aromatic carbocycles. The molecule has 0 spiro atoms. The van der Waals surface area contributed by atoms with Gasteiger partial charge in [0, 0.05) is 50.3 Å². The molecular formula is C34H35F2N7O3. The van der Waals surface area contributed by atoms with Gasteiger partial charge in [-0.1, -0.05) is 24.8 Å². The molecule has 10 nitrogen and oxygen atoms in total. The second kappa shape index (κ2) is 13.5. The van der Waals surface area contributed by atoms with Gasteiger partial charge in [0.15, 0.2) is 5.82 Å². The Balaban J connectivity index is 1.28. The number of likely N-dealkylation sites (N-methyl/N-ethyl adjacent to an activating group) is 1. The predicted molar refractivity (Wildman–Crippen MR) is 174 cm³/mol. The van der Waals surface area contributed by atoms with Crippen LogP contribution in [0.25, 0.3) is 11.1 Å². The number of methoxy groups -OCH3 is 1. The topological polar surface area (TPSA) is 95.1 Å². The highest BCUT2D eigenvalue weighted by Crippen LogP contribution is 2.40. The van der Waals surface area contributed by atoms with Gasteiger partial charge in [0.05, 0.1) is 36.8 Å². The second-order valence-corrected chi connectivity index (χ2v) is 11.2. The fourth-order valence-electron chi connectivity index (χ4n) is 5.73. The van der Waals surface area contributed by atoms with E-state index in [-0.39, 0.29) is 11.9 Å². The van der Waals surface area contributed by atoms with E-state index in [4.69, 9.17) is 9.57 Å². The molecule has 4 aromatic rings. The lowest BCUT2D eigenvalue weighted by Crippen LogP contribution is -2.44. The molecule has 1 aromatic heterocycles. The van der Waals surface area contributed by atoms with Crippen molar-refractivity contribution >= 4 is 34.6 Å². The number of hydrogen-bond donors (Lipinski definition) is 2. The van der Waals surface area contributed by atoms with E-state index in [1.165, 1.54) is 30.6 Å². The molecule has 6 rings (SSSR count). The van der Waals surface area contributed by atoms with Crippen LogP contribution in [0, 0.1) is 11.6 Å². The number of benzene rings is 3. The lowest BCUT2D eigenvalue weighted by Gasteiger charge is -2.35. The van der Waals surface area contributed by atoms with Crippen molar-refractivity contribution in [2.45, 2.75) is 12.5 Å². The van der Waals surface area contributed by atoms with Crippen LogP contribution in [0.5, 0.6) is 5.75 Å². The zero-order valence-corrected chi connectivity index (χ0v) is 25.7. The molecule has 1 unspecified atom stereocenters. The number of ether oxygens (including phenoxy) is 1. The molecular weight excluding hydrogens is 592 g/mol. The first-order chi connectivity index (χ1) is 22.3. The molecule has 2 saturated heterocycles. The fraction of sp³-hybridized carbons (Fsp3) is 0.265. The SMILES string of the molecule is C=CC(=O)Nc1cc(Nc2cc(N3OCCC3c3ccc(F)c(-c4cccc(F)c4)c3)ncn2)c(OC)cc1N1CCN(C)CC1. The third-order valence-electron chi connectivity index (χ3n) is 8.16. The zero-order valence-electron chi connectivity index (χ0n) is 25.7. The molecule has 2 N–H and O–H groups in total. The highest BCUT2D eigenvalue weighted by atomic mass is 19.1. The average Bonchev–Trinajstić information content (AvgIpc) is 3.56. The first kappa shape index (κ1) is 30.9. The number of nitrogens with one attached hydrogen (secondary N) is 2. The third-order valence-corrected chi connectivity index (χ3v) is 8.16. The minimum atomic E-state index is -0.440. The Morgan fingerprint density at radius 1 is 1.04 bits per heavy atom. The first-order valence-electron chi connectivity index (χ1n) is 15.0. The average molecular weight is 628 g/mol. The molecule has 2 fully saturated rings. The summed E-state index contributed by atoms with van der Waals surface area (Å²) >= 11 is 0. The Bertz CT molecular complexity index is 1750. The lowest BCUT2D eigenvalue weighted by molar-refractivity contribution is -0.111. The van der Waals surface area contributed by atoms with Crippen LogP contribution in [-0.4, -0.2) is 67.7 Å². The molecule has 0 aliphatic carbocycles. The van der Waals surface area contributed by atoms with Gasteiger partial charge in [0.25, 0.3) is 0 Å². The number of amides is 1. The van der Waals surface area contributed by atoms with E-state index in [1.54, 1.807) is 42.5 Å². The maximum atomic E-state index is 14.8. The Morgan fingerprint density at radius 2 is 1.87 bits per heavy atom. The van der Waals surface area contributed by atoms with E-state index in [9.17, 15) is 13.6 Å². The van der Waals surface area contributed by atoms with Crippen LogP contribution >= 0.6 is 0 Å². The second-order valence-electron chi connectivity index (χ2n) is 11.2. The normalized spacial score (nSPS) is 16.7. The molecule has 0 saturated carbocycles. The summed E-state index contributed by atoms with van der Waals surface area (Å²) in [5, 5.41) is 7.92. The monoisotopic (exact) mass is 627 g/mol. The summed E-state index contributed by atoms with van der Waals surface area (Å²) in [7, 11) is 3.67. The van der Waals surface area contributed by atoms with Crippen molar-refractivity contribution in [3.8, 4) is 16.9 Å². The highest BCUT2D eigenvalue weighted by molar-refractivity contribution is 6.02. The Hall–Kier alpha value is -5.07. The van der Waals surface area contributed by atoms with E-state index in [0.29, 0.717) is 52.9 Å². The van der Waals surface area contributed by atoms with Gasteiger partial charge in [0.1, 0.15) is 29.5 Å². The van der Waals surface area contributed by atoms with Crippen LogP contribution in [0.15, 0.2) is 79.6 Å². The summed E-state index contributed by atoms with van der Waals surface area (Å²) in [4.78, 5) is 31.7. The van der Waals surface area contributed by atoms with Gasteiger partial charge in [-0.2, -0.15) is 0 Å². The largest absolute Gasteiger partial charge is 0.494 e. The third kappa shape index (κ3) is 6.63. The number of hydroxylamine groups is 1. The van der Waals surface area contributed by atoms with E-state index in [1.807, 2.05) is 12.1 Å². The number of anilines is 5. The smallest absolute Gasteiger partial charge is 0.247 e. The Kier molecular flexibility index (Phi) is 9.08. The van der Waals surface area contributed by atoms with Crippen LogP contribution < -0.4 is 25.3 Å². The van der Waals surface area contributed by atoms with Gasteiger partial charge in [-0.25, -0.2) is 23.8 Å². The maximum Gasteiger partial charge on any atom is 0.247 e. The van der Waals surface area contributed by atoms with Gasteiger partial charge in [-0.05, 0) is 54.6 Å². The van der Waals surface area contributed by atoms with Crippen molar-refractivity contribution < 1.29 is 23.1 Å². The van der Waals surface area contributed by atoms with E-state index in [2.05, 4.69) is 44.0 Å². The van der Waals surface area contributed by atoms with Crippen molar-refractivity contribution in [2.75, 3.05) is 67.5 Å². The van der Waals surface area contributed by atoms with E-state index in [0.717, 1.165) is 37.4 Å². The molecule has 46 heavy (non-hydrogen) atoms.